The largest absolute Gasteiger partial charge is 0.338 e. The van der Waals surface area contributed by atoms with Gasteiger partial charge in [0.15, 0.2) is 5.82 Å². The molecule has 0 fully saturated rings. The van der Waals surface area contributed by atoms with Gasteiger partial charge in [-0.2, -0.15) is 4.98 Å². The van der Waals surface area contributed by atoms with Crippen molar-refractivity contribution in [2.24, 2.45) is 5.73 Å². The summed E-state index contributed by atoms with van der Waals surface area (Å²) in [7, 11) is 0. The van der Waals surface area contributed by atoms with Crippen LogP contribution in [0, 0.1) is 18.2 Å². The number of nitrogens with two attached hydrogens (primary N) is 1. The van der Waals surface area contributed by atoms with Gasteiger partial charge in [-0.25, -0.2) is 4.39 Å². The normalized spacial score (nSPS) is 12.1. The zero-order valence-electron chi connectivity index (χ0n) is 9.94. The third-order valence-electron chi connectivity index (χ3n) is 2.54. The van der Waals surface area contributed by atoms with Crippen LogP contribution in [-0.2, 0) is 6.42 Å². The molecule has 1 unspecified atom stereocenters. The summed E-state index contributed by atoms with van der Waals surface area (Å²) in [5.74, 6) is 2.55. The molecule has 0 aliphatic rings. The standard InChI is InChI=1S/C13H11ClFN3O/c1-2-4-11(16)13-17-12(18-19-13)7-8-9(14)5-3-6-10(8)15/h1,3,5-6,11H,4,7,16H2. The Labute approximate surface area is 114 Å². The van der Waals surface area contributed by atoms with E-state index in [1.54, 1.807) is 6.07 Å². The first-order valence-corrected chi connectivity index (χ1v) is 5.94. The van der Waals surface area contributed by atoms with Gasteiger partial charge in [-0.15, -0.1) is 12.3 Å². The van der Waals surface area contributed by atoms with E-state index in [1.165, 1.54) is 12.1 Å². The van der Waals surface area contributed by atoms with Crippen molar-refractivity contribution < 1.29 is 8.91 Å². The summed E-state index contributed by atoms with van der Waals surface area (Å²) in [6.07, 6.45) is 5.58. The number of hydrogen-bond donors (Lipinski definition) is 1. The van der Waals surface area contributed by atoms with E-state index in [4.69, 9.17) is 28.3 Å². The summed E-state index contributed by atoms with van der Waals surface area (Å²) in [4.78, 5) is 4.08. The molecule has 0 saturated heterocycles. The van der Waals surface area contributed by atoms with Gasteiger partial charge >= 0.3 is 0 Å². The first kappa shape index (κ1) is 13.5. The summed E-state index contributed by atoms with van der Waals surface area (Å²) in [5, 5.41) is 4.06. The molecule has 1 aromatic heterocycles. The number of aromatic nitrogens is 2. The summed E-state index contributed by atoms with van der Waals surface area (Å²) in [6.45, 7) is 0. The third-order valence-corrected chi connectivity index (χ3v) is 2.89. The second-order valence-corrected chi connectivity index (χ2v) is 4.35. The molecule has 6 heteroatoms. The van der Waals surface area contributed by atoms with E-state index in [0.29, 0.717) is 22.8 Å². The topological polar surface area (TPSA) is 64.9 Å². The number of nitrogens with zero attached hydrogens (tertiary/aromatic N) is 2. The average Bonchev–Trinajstić information content (AvgIpc) is 2.83. The Morgan fingerprint density at radius 1 is 1.53 bits per heavy atom. The minimum absolute atomic E-state index is 0.137. The molecule has 0 radical (unpaired) electrons. The highest BCUT2D eigenvalue weighted by atomic mass is 35.5. The van der Waals surface area contributed by atoms with Gasteiger partial charge in [-0.1, -0.05) is 22.8 Å². The quantitative estimate of drug-likeness (QED) is 0.873. The molecule has 0 aliphatic heterocycles. The molecule has 1 atom stereocenters. The fourth-order valence-corrected chi connectivity index (χ4v) is 1.79. The lowest BCUT2D eigenvalue weighted by Gasteiger charge is -2.02. The second kappa shape index (κ2) is 5.83. The van der Waals surface area contributed by atoms with E-state index < -0.39 is 11.9 Å². The summed E-state index contributed by atoms with van der Waals surface area (Å²) in [6, 6.07) is 3.95. The van der Waals surface area contributed by atoms with Gasteiger partial charge in [0.2, 0.25) is 5.89 Å². The van der Waals surface area contributed by atoms with Crippen molar-refractivity contribution >= 4 is 11.6 Å². The molecule has 2 N–H and O–H groups in total. The smallest absolute Gasteiger partial charge is 0.244 e. The van der Waals surface area contributed by atoms with Crippen molar-refractivity contribution in [3.8, 4) is 12.3 Å². The number of halogens is 2. The van der Waals surface area contributed by atoms with Gasteiger partial charge in [-0.05, 0) is 12.1 Å². The Morgan fingerprint density at radius 2 is 2.32 bits per heavy atom. The van der Waals surface area contributed by atoms with Crippen LogP contribution < -0.4 is 5.73 Å². The monoisotopic (exact) mass is 279 g/mol. The SMILES string of the molecule is C#CCC(N)c1nc(Cc2c(F)cccc2Cl)no1. The van der Waals surface area contributed by atoms with Gasteiger partial charge in [0, 0.05) is 23.4 Å². The van der Waals surface area contributed by atoms with E-state index in [-0.39, 0.29) is 12.3 Å². The van der Waals surface area contributed by atoms with Crippen LogP contribution in [0.5, 0.6) is 0 Å². The second-order valence-electron chi connectivity index (χ2n) is 3.94. The fraction of sp³-hybridized carbons (Fsp3) is 0.231. The van der Waals surface area contributed by atoms with E-state index in [9.17, 15) is 4.39 Å². The van der Waals surface area contributed by atoms with Gasteiger partial charge in [0.1, 0.15) is 5.82 Å². The predicted molar refractivity (Wildman–Crippen MR) is 68.9 cm³/mol. The van der Waals surface area contributed by atoms with E-state index >= 15 is 0 Å². The molecule has 0 bridgehead atoms. The highest BCUT2D eigenvalue weighted by Gasteiger charge is 2.16. The molecule has 98 valence electrons. The first-order chi connectivity index (χ1) is 9.11. The molecule has 1 heterocycles. The minimum Gasteiger partial charge on any atom is -0.338 e. The lowest BCUT2D eigenvalue weighted by molar-refractivity contribution is 0.353. The van der Waals surface area contributed by atoms with Crippen molar-refractivity contribution in [1.29, 1.82) is 0 Å². The van der Waals surface area contributed by atoms with E-state index in [0.717, 1.165) is 0 Å². The van der Waals surface area contributed by atoms with Gasteiger partial charge in [0.25, 0.3) is 0 Å². The Hall–Kier alpha value is -1.90. The molecule has 0 aliphatic carbocycles. The Kier molecular flexibility index (Phi) is 4.15. The number of benzene rings is 1. The number of rotatable bonds is 4. The lowest BCUT2D eigenvalue weighted by Crippen LogP contribution is -2.09. The molecular weight excluding hydrogens is 269 g/mol. The third kappa shape index (κ3) is 3.11. The van der Waals surface area contributed by atoms with Gasteiger partial charge in [-0.3, -0.25) is 0 Å². The highest BCUT2D eigenvalue weighted by molar-refractivity contribution is 6.31. The first-order valence-electron chi connectivity index (χ1n) is 5.56. The maximum Gasteiger partial charge on any atom is 0.244 e. The molecule has 0 spiro atoms. The van der Waals surface area contributed by atoms with Crippen molar-refractivity contribution in [3.05, 3.63) is 46.3 Å². The molecule has 2 aromatic rings. The maximum absolute atomic E-state index is 13.6. The molecule has 2 rings (SSSR count). The summed E-state index contributed by atoms with van der Waals surface area (Å²) < 4.78 is 18.6. The Morgan fingerprint density at radius 3 is 3.00 bits per heavy atom. The number of hydrogen-bond acceptors (Lipinski definition) is 4. The molecule has 4 nitrogen and oxygen atoms in total. The molecule has 0 amide bonds. The number of terminal acetylenes is 1. The van der Waals surface area contributed by atoms with Crippen LogP contribution in [0.3, 0.4) is 0 Å². The fourth-order valence-electron chi connectivity index (χ4n) is 1.56. The van der Waals surface area contributed by atoms with E-state index in [2.05, 4.69) is 16.1 Å². The van der Waals surface area contributed by atoms with Crippen molar-refractivity contribution in [2.45, 2.75) is 18.9 Å². The van der Waals surface area contributed by atoms with Crippen molar-refractivity contribution in [3.63, 3.8) is 0 Å². The Balaban J connectivity index is 2.19. The zero-order valence-corrected chi connectivity index (χ0v) is 10.7. The van der Waals surface area contributed by atoms with E-state index in [1.807, 2.05) is 0 Å². The minimum atomic E-state index is -0.512. The van der Waals surface area contributed by atoms with Crippen LogP contribution in [0.25, 0.3) is 0 Å². The zero-order chi connectivity index (χ0) is 13.8. The average molecular weight is 280 g/mol. The molecule has 0 saturated carbocycles. The van der Waals surface area contributed by atoms with Crippen LogP contribution in [-0.4, -0.2) is 10.1 Å². The van der Waals surface area contributed by atoms with Crippen molar-refractivity contribution in [1.82, 2.24) is 10.1 Å². The summed E-state index contributed by atoms with van der Waals surface area (Å²) in [5.41, 5.74) is 6.05. The maximum atomic E-state index is 13.6. The van der Waals surface area contributed by atoms with Crippen molar-refractivity contribution in [2.75, 3.05) is 0 Å². The van der Waals surface area contributed by atoms with Crippen LogP contribution >= 0.6 is 11.6 Å². The van der Waals surface area contributed by atoms with Crippen LogP contribution in [0.4, 0.5) is 4.39 Å². The van der Waals surface area contributed by atoms with Gasteiger partial charge < -0.3 is 10.3 Å². The predicted octanol–water partition coefficient (Wildman–Crippen LogP) is 2.48. The van der Waals surface area contributed by atoms with Crippen LogP contribution in [0.2, 0.25) is 5.02 Å². The summed E-state index contributed by atoms with van der Waals surface area (Å²) >= 11 is 5.92. The molecule has 19 heavy (non-hydrogen) atoms. The van der Waals surface area contributed by atoms with Crippen LogP contribution in [0.1, 0.15) is 29.7 Å². The van der Waals surface area contributed by atoms with Gasteiger partial charge in [0.05, 0.1) is 6.04 Å². The molecular formula is C13H11ClFN3O. The Bertz CT molecular complexity index is 600. The van der Waals surface area contributed by atoms with Crippen LogP contribution in [0.15, 0.2) is 22.7 Å². The lowest BCUT2D eigenvalue weighted by atomic mass is 10.1. The highest BCUT2D eigenvalue weighted by Crippen LogP contribution is 2.22. The molecule has 1 aromatic carbocycles.